The van der Waals surface area contributed by atoms with Crippen LogP contribution >= 0.6 is 0 Å². The number of hydrogen-bond donors (Lipinski definition) is 2. The Morgan fingerprint density at radius 1 is 1.47 bits per heavy atom. The Balaban J connectivity index is 1.99. The van der Waals surface area contributed by atoms with E-state index >= 15 is 0 Å². The fourth-order valence-corrected chi connectivity index (χ4v) is 2.17. The number of oxime groups is 1. The second kappa shape index (κ2) is 6.38. The van der Waals surface area contributed by atoms with Crippen molar-refractivity contribution in [3.63, 3.8) is 0 Å². The summed E-state index contributed by atoms with van der Waals surface area (Å²) in [5.41, 5.74) is 6.97. The van der Waals surface area contributed by atoms with Crippen LogP contribution in [0.1, 0.15) is 24.1 Å². The maximum atomic E-state index is 8.75. The number of nitrogens with two attached hydrogens (primary N) is 1. The first-order chi connectivity index (χ1) is 9.20. The molecule has 0 aliphatic carbocycles. The molecule has 0 unspecified atom stereocenters. The third kappa shape index (κ3) is 3.57. The third-order valence-corrected chi connectivity index (χ3v) is 3.23. The Hall–Kier alpha value is -1.82. The molecule has 1 aromatic rings. The summed E-state index contributed by atoms with van der Waals surface area (Å²) in [6.45, 7) is 5.59. The van der Waals surface area contributed by atoms with Crippen molar-refractivity contribution in [2.45, 2.75) is 19.8 Å². The molecule has 19 heavy (non-hydrogen) atoms. The van der Waals surface area contributed by atoms with Crippen LogP contribution in [0.4, 0.5) is 0 Å². The zero-order chi connectivity index (χ0) is 13.7. The van der Waals surface area contributed by atoms with Gasteiger partial charge in [0.25, 0.3) is 0 Å². The molecule has 0 saturated carbocycles. The van der Waals surface area contributed by atoms with E-state index in [1.54, 1.807) is 12.1 Å². The molecule has 6 nitrogen and oxygen atoms in total. The smallest absolute Gasteiger partial charge is 0.224 e. The normalized spacial score (nSPS) is 16.8. The number of nitrogens with zero attached hydrogens (tertiary/aromatic N) is 3. The molecule has 0 radical (unpaired) electrons. The lowest BCUT2D eigenvalue weighted by molar-refractivity contribution is 0.231. The number of pyridine rings is 1. The van der Waals surface area contributed by atoms with Crippen LogP contribution in [-0.2, 0) is 0 Å². The third-order valence-electron chi connectivity index (χ3n) is 3.23. The fourth-order valence-electron chi connectivity index (χ4n) is 2.17. The van der Waals surface area contributed by atoms with Gasteiger partial charge in [-0.3, -0.25) is 4.90 Å². The molecule has 1 fully saturated rings. The summed E-state index contributed by atoms with van der Waals surface area (Å²) in [6, 6.07) is 3.56. The van der Waals surface area contributed by atoms with Crippen LogP contribution < -0.4 is 10.5 Å². The average Bonchev–Trinajstić information content (AvgIpc) is 2.91. The quantitative estimate of drug-likeness (QED) is 0.358. The lowest BCUT2D eigenvalue weighted by Gasteiger charge is -2.15. The van der Waals surface area contributed by atoms with E-state index in [1.165, 1.54) is 12.8 Å². The minimum Gasteiger partial charge on any atom is -0.476 e. The summed E-state index contributed by atoms with van der Waals surface area (Å²) in [5.74, 6) is 0.443. The van der Waals surface area contributed by atoms with E-state index in [1.807, 2.05) is 6.92 Å². The van der Waals surface area contributed by atoms with Crippen LogP contribution in [0.5, 0.6) is 5.88 Å². The highest BCUT2D eigenvalue weighted by Gasteiger charge is 2.13. The van der Waals surface area contributed by atoms with Crippen LogP contribution in [0.3, 0.4) is 0 Å². The minimum absolute atomic E-state index is 0.0173. The maximum Gasteiger partial charge on any atom is 0.224 e. The molecule has 3 N–H and O–H groups in total. The SMILES string of the molecule is Cc1ccc(C(N)=NO)c(OCCN2CCCC2)n1. The second-order valence-electron chi connectivity index (χ2n) is 4.69. The molecule has 104 valence electrons. The number of likely N-dealkylation sites (tertiary alicyclic amines) is 1. The number of ether oxygens (including phenoxy) is 1. The monoisotopic (exact) mass is 264 g/mol. The van der Waals surface area contributed by atoms with Crippen LogP contribution in [-0.4, -0.2) is 47.2 Å². The van der Waals surface area contributed by atoms with E-state index in [4.69, 9.17) is 15.7 Å². The molecule has 0 amide bonds. The number of rotatable bonds is 5. The minimum atomic E-state index is 0.0173. The molecule has 1 aliphatic rings. The van der Waals surface area contributed by atoms with Crippen LogP contribution in [0.25, 0.3) is 0 Å². The Bertz CT molecular complexity index is 456. The van der Waals surface area contributed by atoms with E-state index < -0.39 is 0 Å². The van der Waals surface area contributed by atoms with Crippen LogP contribution in [0.2, 0.25) is 0 Å². The van der Waals surface area contributed by atoms with Crippen molar-refractivity contribution in [3.05, 3.63) is 23.4 Å². The molecular weight excluding hydrogens is 244 g/mol. The first-order valence-electron chi connectivity index (χ1n) is 6.51. The molecule has 0 aromatic carbocycles. The fraction of sp³-hybridized carbons (Fsp3) is 0.538. The largest absolute Gasteiger partial charge is 0.476 e. The van der Waals surface area contributed by atoms with E-state index in [0.29, 0.717) is 18.1 Å². The van der Waals surface area contributed by atoms with Crippen LogP contribution in [0, 0.1) is 6.92 Å². The highest BCUT2D eigenvalue weighted by Crippen LogP contribution is 2.16. The Morgan fingerprint density at radius 3 is 2.89 bits per heavy atom. The first-order valence-corrected chi connectivity index (χ1v) is 6.51. The van der Waals surface area contributed by atoms with Gasteiger partial charge in [-0.05, 0) is 45.0 Å². The number of hydrogen-bond acceptors (Lipinski definition) is 5. The Kier molecular flexibility index (Phi) is 4.57. The topological polar surface area (TPSA) is 84.0 Å². The van der Waals surface area contributed by atoms with Crippen molar-refractivity contribution in [2.24, 2.45) is 10.9 Å². The molecule has 0 bridgehead atoms. The molecule has 2 heterocycles. The van der Waals surface area contributed by atoms with Crippen molar-refractivity contribution >= 4 is 5.84 Å². The van der Waals surface area contributed by atoms with Gasteiger partial charge in [0.05, 0.1) is 5.56 Å². The molecule has 6 heteroatoms. The van der Waals surface area contributed by atoms with Crippen molar-refractivity contribution in [3.8, 4) is 5.88 Å². The predicted octanol–water partition coefficient (Wildman–Crippen LogP) is 0.959. The molecular formula is C13H20N4O2. The van der Waals surface area contributed by atoms with Crippen molar-refractivity contribution in [2.75, 3.05) is 26.2 Å². The zero-order valence-electron chi connectivity index (χ0n) is 11.2. The predicted molar refractivity (Wildman–Crippen MR) is 72.7 cm³/mol. The first kappa shape index (κ1) is 13.6. The highest BCUT2D eigenvalue weighted by atomic mass is 16.5. The summed E-state index contributed by atoms with van der Waals surface area (Å²) >= 11 is 0. The van der Waals surface area contributed by atoms with Crippen molar-refractivity contribution in [1.29, 1.82) is 0 Å². The number of aromatic nitrogens is 1. The molecule has 2 rings (SSSR count). The zero-order valence-corrected chi connectivity index (χ0v) is 11.2. The van der Waals surface area contributed by atoms with Gasteiger partial charge in [-0.25, -0.2) is 4.98 Å². The summed E-state index contributed by atoms with van der Waals surface area (Å²) in [6.07, 6.45) is 2.52. The van der Waals surface area contributed by atoms with Crippen molar-refractivity contribution < 1.29 is 9.94 Å². The Morgan fingerprint density at radius 2 is 2.21 bits per heavy atom. The van der Waals surface area contributed by atoms with E-state index in [0.717, 1.165) is 25.3 Å². The number of aryl methyl sites for hydroxylation is 1. The van der Waals surface area contributed by atoms with E-state index in [2.05, 4.69) is 15.0 Å². The van der Waals surface area contributed by atoms with Gasteiger partial charge >= 0.3 is 0 Å². The second-order valence-corrected chi connectivity index (χ2v) is 4.69. The van der Waals surface area contributed by atoms with Gasteiger partial charge in [0.2, 0.25) is 5.88 Å². The van der Waals surface area contributed by atoms with Gasteiger partial charge in [-0.2, -0.15) is 0 Å². The highest BCUT2D eigenvalue weighted by molar-refractivity contribution is 5.99. The summed E-state index contributed by atoms with van der Waals surface area (Å²) < 4.78 is 5.68. The molecule has 1 aromatic heterocycles. The summed E-state index contributed by atoms with van der Waals surface area (Å²) in [7, 11) is 0. The molecule has 1 aliphatic heterocycles. The van der Waals surface area contributed by atoms with Gasteiger partial charge < -0.3 is 15.7 Å². The van der Waals surface area contributed by atoms with Crippen molar-refractivity contribution in [1.82, 2.24) is 9.88 Å². The van der Waals surface area contributed by atoms with E-state index in [9.17, 15) is 0 Å². The van der Waals surface area contributed by atoms with Gasteiger partial charge in [0.15, 0.2) is 5.84 Å². The summed E-state index contributed by atoms with van der Waals surface area (Å²) in [4.78, 5) is 6.65. The molecule has 0 atom stereocenters. The van der Waals surface area contributed by atoms with Gasteiger partial charge in [-0.15, -0.1) is 0 Å². The van der Waals surface area contributed by atoms with Crippen LogP contribution in [0.15, 0.2) is 17.3 Å². The summed E-state index contributed by atoms with van der Waals surface area (Å²) in [5, 5.41) is 11.7. The van der Waals surface area contributed by atoms with Gasteiger partial charge in [0.1, 0.15) is 6.61 Å². The standard InChI is InChI=1S/C13H20N4O2/c1-10-4-5-11(12(14)16-18)13(15-10)19-9-8-17-6-2-3-7-17/h4-5,18H,2-3,6-9H2,1H3,(H2,14,16). The van der Waals surface area contributed by atoms with Gasteiger partial charge in [-0.1, -0.05) is 5.16 Å². The molecule has 1 saturated heterocycles. The average molecular weight is 264 g/mol. The van der Waals surface area contributed by atoms with E-state index in [-0.39, 0.29) is 5.84 Å². The lowest BCUT2D eigenvalue weighted by atomic mass is 10.2. The van der Waals surface area contributed by atoms with Gasteiger partial charge in [0, 0.05) is 12.2 Å². The Labute approximate surface area is 112 Å². The lowest BCUT2D eigenvalue weighted by Crippen LogP contribution is -2.26. The number of amidine groups is 1. The molecule has 0 spiro atoms. The maximum absolute atomic E-state index is 8.75.